The van der Waals surface area contributed by atoms with Crippen molar-refractivity contribution in [2.24, 2.45) is 5.92 Å². The molecule has 0 amide bonds. The molecule has 3 heteroatoms. The van der Waals surface area contributed by atoms with Crippen molar-refractivity contribution in [3.63, 3.8) is 0 Å². The molecule has 0 fully saturated rings. The molecule has 2 aromatic rings. The van der Waals surface area contributed by atoms with Gasteiger partial charge < -0.3 is 9.47 Å². The molecule has 0 radical (unpaired) electrons. The van der Waals surface area contributed by atoms with E-state index in [9.17, 15) is 0 Å². The van der Waals surface area contributed by atoms with Crippen molar-refractivity contribution in [1.82, 2.24) is 0 Å². The monoisotopic (exact) mass is 364 g/mol. The normalized spacial score (nSPS) is 11.1. The van der Waals surface area contributed by atoms with E-state index >= 15 is 0 Å². The summed E-state index contributed by atoms with van der Waals surface area (Å²) < 4.78 is 12.1. The van der Waals surface area contributed by atoms with E-state index in [1.807, 2.05) is 0 Å². The van der Waals surface area contributed by atoms with Crippen LogP contribution >= 0.6 is 15.9 Å². The number of rotatable bonds is 8. The van der Waals surface area contributed by atoms with Crippen molar-refractivity contribution in [3.05, 3.63) is 35.9 Å². The Morgan fingerprint density at radius 1 is 1.09 bits per heavy atom. The number of fused-ring (bicyclic) bond motifs is 1. The molecule has 2 nitrogen and oxygen atoms in total. The third-order valence-electron chi connectivity index (χ3n) is 3.51. The van der Waals surface area contributed by atoms with Crippen LogP contribution in [0.2, 0.25) is 0 Å². The highest BCUT2D eigenvalue weighted by molar-refractivity contribution is 9.09. The quantitative estimate of drug-likeness (QED) is 0.448. The standard InChI is InChI=1S/C19H25BrO2/c1-4-15-12-18(21-11-7-10-20)16-8-5-6-9-17(16)19(15)22-13-14(2)3/h5-6,8-9,12,14H,4,7,10-11,13H2,1-3H3. The second-order valence-corrected chi connectivity index (χ2v) is 6.65. The summed E-state index contributed by atoms with van der Waals surface area (Å²) in [7, 11) is 0. The van der Waals surface area contributed by atoms with Crippen molar-refractivity contribution in [2.45, 2.75) is 33.6 Å². The predicted octanol–water partition coefficient (Wildman–Crippen LogP) is 5.60. The molecule has 0 bridgehead atoms. The minimum atomic E-state index is 0.512. The summed E-state index contributed by atoms with van der Waals surface area (Å²) in [6.45, 7) is 7.97. The van der Waals surface area contributed by atoms with Gasteiger partial charge in [0.1, 0.15) is 11.5 Å². The summed E-state index contributed by atoms with van der Waals surface area (Å²) in [5.74, 6) is 2.49. The molecule has 0 spiro atoms. The Balaban J connectivity index is 2.43. The number of benzene rings is 2. The van der Waals surface area contributed by atoms with Gasteiger partial charge in [-0.15, -0.1) is 0 Å². The molecule has 2 aromatic carbocycles. The van der Waals surface area contributed by atoms with Crippen LogP contribution in [0.15, 0.2) is 30.3 Å². The molecular weight excluding hydrogens is 340 g/mol. The highest BCUT2D eigenvalue weighted by atomic mass is 79.9. The molecule has 0 unspecified atom stereocenters. The van der Waals surface area contributed by atoms with Crippen LogP contribution in [0.25, 0.3) is 10.8 Å². The van der Waals surface area contributed by atoms with Crippen molar-refractivity contribution in [1.29, 1.82) is 0 Å². The number of halogens is 1. The lowest BCUT2D eigenvalue weighted by Crippen LogP contribution is -2.07. The molecular formula is C19H25BrO2. The highest BCUT2D eigenvalue weighted by Crippen LogP contribution is 2.37. The molecule has 0 N–H and O–H groups in total. The van der Waals surface area contributed by atoms with Crippen molar-refractivity contribution in [3.8, 4) is 11.5 Å². The van der Waals surface area contributed by atoms with Gasteiger partial charge in [-0.2, -0.15) is 0 Å². The van der Waals surface area contributed by atoms with Crippen LogP contribution in [0.4, 0.5) is 0 Å². The average molecular weight is 365 g/mol. The Kier molecular flexibility index (Phi) is 6.56. The van der Waals surface area contributed by atoms with Gasteiger partial charge in [0, 0.05) is 16.1 Å². The Morgan fingerprint density at radius 3 is 2.45 bits per heavy atom. The number of hydrogen-bond acceptors (Lipinski definition) is 2. The zero-order valence-electron chi connectivity index (χ0n) is 13.7. The van der Waals surface area contributed by atoms with Crippen LogP contribution in [0.5, 0.6) is 11.5 Å². The summed E-state index contributed by atoms with van der Waals surface area (Å²) in [4.78, 5) is 0. The summed E-state index contributed by atoms with van der Waals surface area (Å²) in [6, 6.07) is 10.5. The van der Waals surface area contributed by atoms with Crippen LogP contribution in [0, 0.1) is 5.92 Å². The van der Waals surface area contributed by atoms with Gasteiger partial charge in [0.25, 0.3) is 0 Å². The maximum Gasteiger partial charge on any atom is 0.130 e. The van der Waals surface area contributed by atoms with Crippen molar-refractivity contribution < 1.29 is 9.47 Å². The Hall–Kier alpha value is -1.22. The molecule has 120 valence electrons. The molecule has 0 aliphatic carbocycles. The third kappa shape index (κ3) is 4.16. The topological polar surface area (TPSA) is 18.5 Å². The summed E-state index contributed by atoms with van der Waals surface area (Å²) in [6.07, 6.45) is 1.94. The van der Waals surface area contributed by atoms with Crippen LogP contribution in [0.3, 0.4) is 0 Å². The minimum Gasteiger partial charge on any atom is -0.493 e. The number of ether oxygens (including phenoxy) is 2. The van der Waals surface area contributed by atoms with Gasteiger partial charge in [0.2, 0.25) is 0 Å². The Bertz CT molecular complexity index is 608. The molecule has 0 saturated carbocycles. The molecule has 0 heterocycles. The summed E-state index contributed by atoms with van der Waals surface area (Å²) >= 11 is 3.45. The van der Waals surface area contributed by atoms with Gasteiger partial charge in [-0.05, 0) is 30.4 Å². The second kappa shape index (κ2) is 8.42. The first-order valence-electron chi connectivity index (χ1n) is 8.03. The lowest BCUT2D eigenvalue weighted by molar-refractivity contribution is 0.271. The third-order valence-corrected chi connectivity index (χ3v) is 4.07. The molecule has 0 aliphatic heterocycles. The highest BCUT2D eigenvalue weighted by Gasteiger charge is 2.13. The molecule has 0 aliphatic rings. The van der Waals surface area contributed by atoms with Gasteiger partial charge in [-0.25, -0.2) is 0 Å². The molecule has 2 rings (SSSR count). The molecule has 0 atom stereocenters. The van der Waals surface area contributed by atoms with Gasteiger partial charge in [-0.1, -0.05) is 61.0 Å². The van der Waals surface area contributed by atoms with E-state index in [4.69, 9.17) is 9.47 Å². The van der Waals surface area contributed by atoms with Gasteiger partial charge in [-0.3, -0.25) is 0 Å². The van der Waals surface area contributed by atoms with E-state index in [0.717, 1.165) is 53.7 Å². The van der Waals surface area contributed by atoms with Gasteiger partial charge in [0.05, 0.1) is 13.2 Å². The lowest BCUT2D eigenvalue weighted by Gasteiger charge is -2.18. The number of alkyl halides is 1. The van der Waals surface area contributed by atoms with Gasteiger partial charge >= 0.3 is 0 Å². The first-order valence-corrected chi connectivity index (χ1v) is 9.15. The van der Waals surface area contributed by atoms with Gasteiger partial charge in [0.15, 0.2) is 0 Å². The number of hydrogen-bond donors (Lipinski definition) is 0. The fourth-order valence-corrected chi connectivity index (χ4v) is 2.64. The van der Waals surface area contributed by atoms with E-state index in [2.05, 4.69) is 67.0 Å². The van der Waals surface area contributed by atoms with E-state index < -0.39 is 0 Å². The fourth-order valence-electron chi connectivity index (χ4n) is 2.41. The SMILES string of the molecule is CCc1cc(OCCCBr)c2ccccc2c1OCC(C)C. The fraction of sp³-hybridized carbons (Fsp3) is 0.474. The van der Waals surface area contributed by atoms with E-state index in [0.29, 0.717) is 5.92 Å². The summed E-state index contributed by atoms with van der Waals surface area (Å²) in [5.41, 5.74) is 1.22. The zero-order valence-corrected chi connectivity index (χ0v) is 15.3. The maximum absolute atomic E-state index is 6.12. The van der Waals surface area contributed by atoms with Crippen molar-refractivity contribution >= 4 is 26.7 Å². The predicted molar refractivity (Wildman–Crippen MR) is 97.6 cm³/mol. The smallest absolute Gasteiger partial charge is 0.130 e. The van der Waals surface area contributed by atoms with Crippen LogP contribution in [-0.2, 0) is 6.42 Å². The first kappa shape index (κ1) is 17.1. The lowest BCUT2D eigenvalue weighted by atomic mass is 10.0. The first-order chi connectivity index (χ1) is 10.7. The summed E-state index contributed by atoms with van der Waals surface area (Å²) in [5, 5.41) is 3.24. The Morgan fingerprint density at radius 2 is 1.82 bits per heavy atom. The van der Waals surface area contributed by atoms with Crippen LogP contribution in [0.1, 0.15) is 32.8 Å². The largest absolute Gasteiger partial charge is 0.493 e. The zero-order chi connectivity index (χ0) is 15.9. The molecule has 0 saturated heterocycles. The molecule has 0 aromatic heterocycles. The van der Waals surface area contributed by atoms with E-state index in [1.54, 1.807) is 0 Å². The number of aryl methyl sites for hydroxylation is 1. The molecule has 22 heavy (non-hydrogen) atoms. The second-order valence-electron chi connectivity index (χ2n) is 5.86. The van der Waals surface area contributed by atoms with Crippen molar-refractivity contribution in [2.75, 3.05) is 18.5 Å². The minimum absolute atomic E-state index is 0.512. The van der Waals surface area contributed by atoms with E-state index in [1.165, 1.54) is 5.56 Å². The van der Waals surface area contributed by atoms with Crippen LogP contribution < -0.4 is 9.47 Å². The van der Waals surface area contributed by atoms with E-state index in [-0.39, 0.29) is 0 Å². The Labute approximate surface area is 141 Å². The maximum atomic E-state index is 6.12. The average Bonchev–Trinajstić information content (AvgIpc) is 2.53. The van der Waals surface area contributed by atoms with Crippen LogP contribution in [-0.4, -0.2) is 18.5 Å².